The largest absolute Gasteiger partial charge is 0.324 e. The molecule has 0 saturated carbocycles. The van der Waals surface area contributed by atoms with Crippen LogP contribution < -0.4 is 10.6 Å². The van der Waals surface area contributed by atoms with Crippen molar-refractivity contribution in [3.05, 3.63) is 30.6 Å². The lowest BCUT2D eigenvalue weighted by Crippen LogP contribution is -2.50. The van der Waals surface area contributed by atoms with Crippen LogP contribution in [0.1, 0.15) is 26.2 Å². The molecule has 7 nitrogen and oxygen atoms in total. The number of hydrogen-bond acceptors (Lipinski definition) is 5. The molecule has 21 heavy (non-hydrogen) atoms. The first kappa shape index (κ1) is 13.7. The van der Waals surface area contributed by atoms with E-state index in [1.54, 1.807) is 4.68 Å². The molecule has 2 heterocycles. The monoisotopic (exact) mass is 286 g/mol. The van der Waals surface area contributed by atoms with E-state index in [2.05, 4.69) is 26.2 Å². The summed E-state index contributed by atoms with van der Waals surface area (Å²) in [5.74, 6) is 0.0244. The quantitative estimate of drug-likeness (QED) is 0.880. The number of nitrogens with one attached hydrogen (secondary N) is 2. The lowest BCUT2D eigenvalue weighted by molar-refractivity contribution is -0.122. The number of nitrogens with zero attached hydrogens (tertiary/aromatic N) is 4. The van der Waals surface area contributed by atoms with E-state index in [0.29, 0.717) is 0 Å². The normalized spacial score (nSPS) is 21.4. The molecule has 0 bridgehead atoms. The highest BCUT2D eigenvalue weighted by Gasteiger charge is 2.39. The molecule has 1 amide bonds. The van der Waals surface area contributed by atoms with E-state index in [-0.39, 0.29) is 5.91 Å². The molecule has 2 aromatic rings. The van der Waals surface area contributed by atoms with Gasteiger partial charge in [-0.1, -0.05) is 13.0 Å². The predicted molar refractivity (Wildman–Crippen MR) is 78.0 cm³/mol. The number of carbonyl (C=O) groups is 1. The fraction of sp³-hybridized carbons (Fsp3) is 0.429. The Kier molecular flexibility index (Phi) is 3.66. The summed E-state index contributed by atoms with van der Waals surface area (Å²) in [4.78, 5) is 12.5. The standard InChI is InChI=1S/C14H18N6O/c1-2-14(7-4-8-15-14)13(21)17-11-5-3-6-12(9-11)20-10-16-18-19-20/h3,5-6,9-10,15H,2,4,7-8H2,1H3,(H,17,21). The van der Waals surface area contributed by atoms with Gasteiger partial charge in [-0.25, -0.2) is 4.68 Å². The summed E-state index contributed by atoms with van der Waals surface area (Å²) in [5, 5.41) is 17.4. The topological polar surface area (TPSA) is 84.7 Å². The van der Waals surface area contributed by atoms with E-state index < -0.39 is 5.54 Å². The van der Waals surface area contributed by atoms with Crippen LogP contribution in [-0.4, -0.2) is 38.2 Å². The number of rotatable bonds is 4. The van der Waals surface area contributed by atoms with Gasteiger partial charge in [0.15, 0.2) is 0 Å². The molecule has 1 aliphatic rings. The minimum absolute atomic E-state index is 0.0244. The molecule has 0 radical (unpaired) electrons. The summed E-state index contributed by atoms with van der Waals surface area (Å²) in [6, 6.07) is 7.47. The van der Waals surface area contributed by atoms with Crippen LogP contribution in [0.4, 0.5) is 5.69 Å². The summed E-state index contributed by atoms with van der Waals surface area (Å²) in [6.45, 7) is 2.93. The Labute approximate surface area is 122 Å². The molecular formula is C14H18N6O. The van der Waals surface area contributed by atoms with Crippen molar-refractivity contribution in [2.45, 2.75) is 31.7 Å². The van der Waals surface area contributed by atoms with Gasteiger partial charge in [0.1, 0.15) is 6.33 Å². The minimum Gasteiger partial charge on any atom is -0.324 e. The highest BCUT2D eigenvalue weighted by molar-refractivity contribution is 5.98. The van der Waals surface area contributed by atoms with E-state index in [4.69, 9.17) is 0 Å². The van der Waals surface area contributed by atoms with Gasteiger partial charge in [0.25, 0.3) is 0 Å². The first-order chi connectivity index (χ1) is 10.2. The molecule has 1 aromatic carbocycles. The zero-order valence-electron chi connectivity index (χ0n) is 11.9. The first-order valence-corrected chi connectivity index (χ1v) is 7.13. The van der Waals surface area contributed by atoms with Crippen LogP contribution in [0, 0.1) is 0 Å². The van der Waals surface area contributed by atoms with Gasteiger partial charge in [0, 0.05) is 5.69 Å². The van der Waals surface area contributed by atoms with Gasteiger partial charge in [0.2, 0.25) is 5.91 Å². The second-order valence-corrected chi connectivity index (χ2v) is 5.22. The average molecular weight is 286 g/mol. The number of tetrazole rings is 1. The van der Waals surface area contributed by atoms with Crippen LogP contribution in [0.15, 0.2) is 30.6 Å². The Hall–Kier alpha value is -2.28. The lowest BCUT2D eigenvalue weighted by atomic mass is 9.93. The fourth-order valence-corrected chi connectivity index (χ4v) is 2.72. The van der Waals surface area contributed by atoms with Gasteiger partial charge in [-0.15, -0.1) is 5.10 Å². The van der Waals surface area contributed by atoms with Gasteiger partial charge in [-0.05, 0) is 54.4 Å². The molecule has 0 aliphatic carbocycles. The Morgan fingerprint density at radius 3 is 3.10 bits per heavy atom. The van der Waals surface area contributed by atoms with Crippen molar-refractivity contribution in [3.63, 3.8) is 0 Å². The zero-order valence-corrected chi connectivity index (χ0v) is 11.9. The summed E-state index contributed by atoms with van der Waals surface area (Å²) in [5.41, 5.74) is 1.11. The summed E-state index contributed by atoms with van der Waals surface area (Å²) < 4.78 is 1.55. The van der Waals surface area contributed by atoms with Crippen molar-refractivity contribution >= 4 is 11.6 Å². The fourth-order valence-electron chi connectivity index (χ4n) is 2.72. The molecule has 7 heteroatoms. The predicted octanol–water partition coefficient (Wildman–Crippen LogP) is 1.13. The molecule has 1 aromatic heterocycles. The molecule has 0 spiro atoms. The number of carbonyl (C=O) groups excluding carboxylic acids is 1. The molecule has 110 valence electrons. The Morgan fingerprint density at radius 1 is 1.52 bits per heavy atom. The van der Waals surface area contributed by atoms with Gasteiger partial charge >= 0.3 is 0 Å². The third kappa shape index (κ3) is 2.64. The minimum atomic E-state index is -0.440. The third-order valence-corrected chi connectivity index (χ3v) is 4.00. The van der Waals surface area contributed by atoms with E-state index in [1.165, 1.54) is 6.33 Å². The van der Waals surface area contributed by atoms with Gasteiger partial charge in [-0.3, -0.25) is 4.79 Å². The maximum atomic E-state index is 12.5. The van der Waals surface area contributed by atoms with Gasteiger partial charge in [-0.2, -0.15) is 0 Å². The molecule has 3 rings (SSSR count). The zero-order chi connectivity index (χ0) is 14.7. The van der Waals surface area contributed by atoms with Crippen molar-refractivity contribution < 1.29 is 4.79 Å². The van der Waals surface area contributed by atoms with Crippen molar-refractivity contribution in [1.29, 1.82) is 0 Å². The molecule has 1 fully saturated rings. The molecule has 2 N–H and O–H groups in total. The lowest BCUT2D eigenvalue weighted by Gasteiger charge is -2.26. The number of benzene rings is 1. The smallest absolute Gasteiger partial charge is 0.244 e. The third-order valence-electron chi connectivity index (χ3n) is 4.00. The van der Waals surface area contributed by atoms with E-state index in [1.807, 2.05) is 31.2 Å². The van der Waals surface area contributed by atoms with E-state index >= 15 is 0 Å². The van der Waals surface area contributed by atoms with Gasteiger partial charge in [0.05, 0.1) is 11.2 Å². The van der Waals surface area contributed by atoms with Crippen LogP contribution >= 0.6 is 0 Å². The summed E-state index contributed by atoms with van der Waals surface area (Å²) in [6.07, 6.45) is 4.21. The number of aromatic nitrogens is 4. The molecule has 1 atom stereocenters. The highest BCUT2D eigenvalue weighted by Crippen LogP contribution is 2.25. The highest BCUT2D eigenvalue weighted by atomic mass is 16.2. The van der Waals surface area contributed by atoms with Gasteiger partial charge < -0.3 is 10.6 Å². The van der Waals surface area contributed by atoms with E-state index in [0.717, 1.165) is 37.2 Å². The number of amides is 1. The Bertz CT molecular complexity index is 618. The second kappa shape index (κ2) is 5.61. The van der Waals surface area contributed by atoms with E-state index in [9.17, 15) is 4.79 Å². The van der Waals surface area contributed by atoms with Crippen molar-refractivity contribution in [3.8, 4) is 5.69 Å². The van der Waals surface area contributed by atoms with Crippen molar-refractivity contribution in [1.82, 2.24) is 25.5 Å². The summed E-state index contributed by atoms with van der Waals surface area (Å²) in [7, 11) is 0. The average Bonchev–Trinajstić information content (AvgIpc) is 3.20. The van der Waals surface area contributed by atoms with Crippen LogP contribution in [0.5, 0.6) is 0 Å². The molecular weight excluding hydrogens is 268 g/mol. The van der Waals surface area contributed by atoms with Crippen LogP contribution in [-0.2, 0) is 4.79 Å². The van der Waals surface area contributed by atoms with Crippen molar-refractivity contribution in [2.75, 3.05) is 11.9 Å². The van der Waals surface area contributed by atoms with Crippen LogP contribution in [0.3, 0.4) is 0 Å². The molecule has 1 aliphatic heterocycles. The maximum absolute atomic E-state index is 12.5. The van der Waals surface area contributed by atoms with Crippen LogP contribution in [0.25, 0.3) is 5.69 Å². The SMILES string of the molecule is CCC1(C(=O)Nc2cccc(-n3cnnn3)c2)CCCN1. The summed E-state index contributed by atoms with van der Waals surface area (Å²) >= 11 is 0. The second-order valence-electron chi connectivity index (χ2n) is 5.22. The van der Waals surface area contributed by atoms with Crippen molar-refractivity contribution in [2.24, 2.45) is 0 Å². The number of hydrogen-bond donors (Lipinski definition) is 2. The first-order valence-electron chi connectivity index (χ1n) is 7.13. The van der Waals surface area contributed by atoms with Crippen LogP contribution in [0.2, 0.25) is 0 Å². The Balaban J connectivity index is 1.79. The number of anilines is 1. The molecule has 1 saturated heterocycles. The Morgan fingerprint density at radius 2 is 2.43 bits per heavy atom. The maximum Gasteiger partial charge on any atom is 0.244 e. The molecule has 1 unspecified atom stereocenters.